The Labute approximate surface area is 108 Å². The van der Waals surface area contributed by atoms with Crippen molar-refractivity contribution in [3.05, 3.63) is 24.3 Å². The van der Waals surface area contributed by atoms with Gasteiger partial charge in [0, 0.05) is 25.3 Å². The monoisotopic (exact) mass is 254 g/mol. The zero-order valence-corrected chi connectivity index (χ0v) is 10.6. The fraction of sp³-hybridized carbons (Fsp3) is 0.538. The summed E-state index contributed by atoms with van der Waals surface area (Å²) < 4.78 is 5.56. The third-order valence-electron chi connectivity index (χ3n) is 2.60. The quantitative estimate of drug-likeness (QED) is 0.437. The Morgan fingerprint density at radius 3 is 2.17 bits per heavy atom. The van der Waals surface area contributed by atoms with Crippen molar-refractivity contribution in [2.24, 2.45) is 0 Å². The Balaban J connectivity index is 2.18. The van der Waals surface area contributed by atoms with Gasteiger partial charge in [0.05, 0.1) is 19.8 Å². The molecule has 5 heteroatoms. The second-order valence-corrected chi connectivity index (χ2v) is 4.06. The largest absolute Gasteiger partial charge is 0.494 e. The van der Waals surface area contributed by atoms with Crippen LogP contribution in [0.1, 0.15) is 6.42 Å². The van der Waals surface area contributed by atoms with Gasteiger partial charge in [-0.25, -0.2) is 0 Å². The van der Waals surface area contributed by atoms with Crippen LogP contribution in [0.5, 0.6) is 5.75 Å². The second kappa shape index (κ2) is 8.74. The Hall–Kier alpha value is -1.30. The molecule has 0 aliphatic heterocycles. The van der Waals surface area contributed by atoms with E-state index >= 15 is 0 Å². The van der Waals surface area contributed by atoms with E-state index in [1.165, 1.54) is 0 Å². The Morgan fingerprint density at radius 1 is 1.00 bits per heavy atom. The predicted molar refractivity (Wildman–Crippen MR) is 71.6 cm³/mol. The maximum atomic E-state index is 8.86. The van der Waals surface area contributed by atoms with Crippen LogP contribution in [0.2, 0.25) is 0 Å². The molecule has 0 unspecified atom stereocenters. The maximum Gasteiger partial charge on any atom is 0.119 e. The Kier molecular flexibility index (Phi) is 7.17. The lowest BCUT2D eigenvalue weighted by atomic mass is 10.3. The van der Waals surface area contributed by atoms with Gasteiger partial charge in [0.15, 0.2) is 0 Å². The fourth-order valence-corrected chi connectivity index (χ4v) is 1.66. The van der Waals surface area contributed by atoms with E-state index in [0.717, 1.165) is 24.4 Å². The van der Waals surface area contributed by atoms with E-state index in [1.54, 1.807) is 12.1 Å². The van der Waals surface area contributed by atoms with Crippen LogP contribution in [0.3, 0.4) is 0 Å². The fourth-order valence-electron chi connectivity index (χ4n) is 1.66. The van der Waals surface area contributed by atoms with E-state index in [2.05, 4.69) is 0 Å². The van der Waals surface area contributed by atoms with Gasteiger partial charge in [0.2, 0.25) is 0 Å². The van der Waals surface area contributed by atoms with Crippen molar-refractivity contribution in [1.29, 1.82) is 0 Å². The number of nitrogens with two attached hydrogens (primary N) is 1. The molecule has 0 amide bonds. The minimum atomic E-state index is 0.110. The SMILES string of the molecule is Nc1ccc(OCCCN(CCO)CCO)cc1. The van der Waals surface area contributed by atoms with E-state index in [4.69, 9.17) is 20.7 Å². The molecule has 0 saturated carbocycles. The third-order valence-corrected chi connectivity index (χ3v) is 2.60. The topological polar surface area (TPSA) is 79.0 Å². The van der Waals surface area contributed by atoms with E-state index < -0.39 is 0 Å². The van der Waals surface area contributed by atoms with Crippen molar-refractivity contribution in [3.63, 3.8) is 0 Å². The van der Waals surface area contributed by atoms with E-state index in [0.29, 0.717) is 19.7 Å². The van der Waals surface area contributed by atoms with Gasteiger partial charge >= 0.3 is 0 Å². The van der Waals surface area contributed by atoms with Crippen LogP contribution in [0.15, 0.2) is 24.3 Å². The molecule has 0 saturated heterocycles. The molecule has 0 atom stereocenters. The second-order valence-electron chi connectivity index (χ2n) is 4.06. The van der Waals surface area contributed by atoms with Crippen LogP contribution in [-0.2, 0) is 0 Å². The summed E-state index contributed by atoms with van der Waals surface area (Å²) in [7, 11) is 0. The number of nitrogens with zero attached hydrogens (tertiary/aromatic N) is 1. The molecular formula is C13H22N2O3. The highest BCUT2D eigenvalue weighted by Gasteiger charge is 2.03. The van der Waals surface area contributed by atoms with Gasteiger partial charge < -0.3 is 20.7 Å². The number of aliphatic hydroxyl groups excluding tert-OH is 2. The summed E-state index contributed by atoms with van der Waals surface area (Å²) in [5.41, 5.74) is 6.30. The molecule has 0 aliphatic rings. The van der Waals surface area contributed by atoms with Crippen molar-refractivity contribution in [1.82, 2.24) is 4.90 Å². The zero-order valence-electron chi connectivity index (χ0n) is 10.6. The molecule has 0 radical (unpaired) electrons. The highest BCUT2D eigenvalue weighted by atomic mass is 16.5. The summed E-state index contributed by atoms with van der Waals surface area (Å²) in [4.78, 5) is 2.01. The first-order chi connectivity index (χ1) is 8.76. The maximum absolute atomic E-state index is 8.86. The zero-order chi connectivity index (χ0) is 13.2. The number of hydrogen-bond donors (Lipinski definition) is 3. The van der Waals surface area contributed by atoms with Crippen molar-refractivity contribution in [3.8, 4) is 5.75 Å². The molecule has 1 rings (SSSR count). The van der Waals surface area contributed by atoms with Crippen LogP contribution in [0.4, 0.5) is 5.69 Å². The summed E-state index contributed by atoms with van der Waals surface area (Å²) in [6.45, 7) is 2.80. The lowest BCUT2D eigenvalue weighted by molar-refractivity contribution is 0.153. The number of rotatable bonds is 9. The van der Waals surface area contributed by atoms with Gasteiger partial charge in [0.1, 0.15) is 5.75 Å². The molecule has 0 aromatic heterocycles. The number of hydrogen-bond acceptors (Lipinski definition) is 5. The van der Waals surface area contributed by atoms with Crippen molar-refractivity contribution in [2.45, 2.75) is 6.42 Å². The minimum Gasteiger partial charge on any atom is -0.494 e. The average molecular weight is 254 g/mol. The van der Waals surface area contributed by atoms with Gasteiger partial charge in [0.25, 0.3) is 0 Å². The normalized spacial score (nSPS) is 10.8. The lowest BCUT2D eigenvalue weighted by Crippen LogP contribution is -2.31. The molecule has 1 aromatic rings. The smallest absolute Gasteiger partial charge is 0.119 e. The lowest BCUT2D eigenvalue weighted by Gasteiger charge is -2.19. The van der Waals surface area contributed by atoms with Gasteiger partial charge in [-0.1, -0.05) is 0 Å². The van der Waals surface area contributed by atoms with E-state index in [-0.39, 0.29) is 13.2 Å². The molecule has 0 spiro atoms. The van der Waals surface area contributed by atoms with Crippen molar-refractivity contribution < 1.29 is 14.9 Å². The molecule has 102 valence electrons. The number of aliphatic hydroxyl groups is 2. The van der Waals surface area contributed by atoms with Crippen LogP contribution in [-0.4, -0.2) is 54.6 Å². The summed E-state index contributed by atoms with van der Waals surface area (Å²) >= 11 is 0. The van der Waals surface area contributed by atoms with Crippen LogP contribution in [0.25, 0.3) is 0 Å². The van der Waals surface area contributed by atoms with Crippen LogP contribution >= 0.6 is 0 Å². The van der Waals surface area contributed by atoms with Gasteiger partial charge in [-0.15, -0.1) is 0 Å². The van der Waals surface area contributed by atoms with E-state index in [9.17, 15) is 0 Å². The van der Waals surface area contributed by atoms with Gasteiger partial charge in [-0.05, 0) is 30.7 Å². The molecular weight excluding hydrogens is 232 g/mol. The van der Waals surface area contributed by atoms with Crippen molar-refractivity contribution in [2.75, 3.05) is 45.2 Å². The van der Waals surface area contributed by atoms with E-state index in [1.807, 2.05) is 17.0 Å². The number of ether oxygens (including phenoxy) is 1. The summed E-state index contributed by atoms with van der Waals surface area (Å²) in [5.74, 6) is 0.806. The number of nitrogen functional groups attached to an aromatic ring is 1. The summed E-state index contributed by atoms with van der Waals surface area (Å²) in [6.07, 6.45) is 0.852. The first kappa shape index (κ1) is 14.8. The average Bonchev–Trinajstić information content (AvgIpc) is 2.37. The molecule has 5 nitrogen and oxygen atoms in total. The van der Waals surface area contributed by atoms with Gasteiger partial charge in [-0.2, -0.15) is 0 Å². The minimum absolute atomic E-state index is 0.110. The molecule has 18 heavy (non-hydrogen) atoms. The Bertz CT molecular complexity index is 311. The van der Waals surface area contributed by atoms with Crippen LogP contribution < -0.4 is 10.5 Å². The molecule has 0 fully saturated rings. The third kappa shape index (κ3) is 5.86. The summed E-state index contributed by atoms with van der Waals surface area (Å²) in [5, 5.41) is 17.7. The number of benzene rings is 1. The standard InChI is InChI=1S/C13H22N2O3/c14-12-2-4-13(5-3-12)18-11-1-6-15(7-9-16)8-10-17/h2-5,16-17H,1,6-11,14H2. The predicted octanol–water partition coefficient (Wildman–Crippen LogP) is 0.324. The molecule has 4 N–H and O–H groups in total. The highest BCUT2D eigenvalue weighted by Crippen LogP contribution is 2.13. The van der Waals surface area contributed by atoms with Gasteiger partial charge in [-0.3, -0.25) is 4.90 Å². The molecule has 0 bridgehead atoms. The number of anilines is 1. The molecule has 1 aromatic carbocycles. The van der Waals surface area contributed by atoms with Crippen LogP contribution in [0, 0.1) is 0 Å². The Morgan fingerprint density at radius 2 is 1.61 bits per heavy atom. The molecule has 0 aliphatic carbocycles. The summed E-state index contributed by atoms with van der Waals surface area (Å²) in [6, 6.07) is 7.29. The molecule has 0 heterocycles. The first-order valence-corrected chi connectivity index (χ1v) is 6.18. The highest BCUT2D eigenvalue weighted by molar-refractivity contribution is 5.41. The first-order valence-electron chi connectivity index (χ1n) is 6.18. The van der Waals surface area contributed by atoms with Crippen molar-refractivity contribution >= 4 is 5.69 Å².